The number of rotatable bonds is 5. The molecule has 3 rings (SSSR count). The van der Waals surface area contributed by atoms with Gasteiger partial charge in [0.05, 0.1) is 5.56 Å². The van der Waals surface area contributed by atoms with E-state index in [1.165, 1.54) is 12.1 Å². The zero-order valence-corrected chi connectivity index (χ0v) is 15.7. The monoisotopic (exact) mass is 442 g/mol. The standard InChI is InChI=1S/C19H12ClF5N4O/c20-11-2-1-3-12(7-11)28-18-27-9-13(16(29-18)19(23,24)25)17(30)26-8-10-4-5-14(21)15(22)6-10/h1-7,9H,8H2,(H,26,30)(H,27,28,29). The minimum absolute atomic E-state index is 0.163. The van der Waals surface area contributed by atoms with Crippen LogP contribution in [0.3, 0.4) is 0 Å². The maximum Gasteiger partial charge on any atom is 0.434 e. The van der Waals surface area contributed by atoms with Gasteiger partial charge in [0, 0.05) is 23.5 Å². The molecule has 1 aromatic heterocycles. The molecule has 5 nitrogen and oxygen atoms in total. The van der Waals surface area contributed by atoms with Crippen molar-refractivity contribution in [1.82, 2.24) is 15.3 Å². The summed E-state index contributed by atoms with van der Waals surface area (Å²) < 4.78 is 66.5. The van der Waals surface area contributed by atoms with Gasteiger partial charge in [-0.1, -0.05) is 23.7 Å². The van der Waals surface area contributed by atoms with Gasteiger partial charge in [-0.3, -0.25) is 4.79 Å². The largest absolute Gasteiger partial charge is 0.434 e. The van der Waals surface area contributed by atoms with Gasteiger partial charge in [0.25, 0.3) is 5.91 Å². The topological polar surface area (TPSA) is 66.9 Å². The van der Waals surface area contributed by atoms with Crippen LogP contribution in [0.25, 0.3) is 0 Å². The van der Waals surface area contributed by atoms with Crippen molar-refractivity contribution < 1.29 is 26.7 Å². The van der Waals surface area contributed by atoms with E-state index in [2.05, 4.69) is 20.6 Å². The number of nitrogens with one attached hydrogen (secondary N) is 2. The predicted molar refractivity (Wildman–Crippen MR) is 99.3 cm³/mol. The summed E-state index contributed by atoms with van der Waals surface area (Å²) in [5.74, 6) is -3.73. The maximum absolute atomic E-state index is 13.4. The fraction of sp³-hybridized carbons (Fsp3) is 0.105. The molecule has 11 heteroatoms. The number of benzene rings is 2. The van der Waals surface area contributed by atoms with Gasteiger partial charge >= 0.3 is 6.18 Å². The number of halogens is 6. The molecule has 0 fully saturated rings. The summed E-state index contributed by atoms with van der Waals surface area (Å²) in [4.78, 5) is 19.4. The number of amides is 1. The van der Waals surface area contributed by atoms with Crippen LogP contribution < -0.4 is 10.6 Å². The molecule has 30 heavy (non-hydrogen) atoms. The van der Waals surface area contributed by atoms with Crippen LogP contribution in [0.4, 0.5) is 33.6 Å². The molecule has 0 radical (unpaired) electrons. The highest BCUT2D eigenvalue weighted by atomic mass is 35.5. The van der Waals surface area contributed by atoms with Gasteiger partial charge < -0.3 is 10.6 Å². The lowest BCUT2D eigenvalue weighted by molar-refractivity contribution is -0.141. The molecule has 0 aliphatic carbocycles. The van der Waals surface area contributed by atoms with Crippen LogP contribution in [-0.2, 0) is 12.7 Å². The molecule has 0 aliphatic heterocycles. The molecule has 0 saturated heterocycles. The van der Waals surface area contributed by atoms with Crippen LogP contribution in [0, 0.1) is 11.6 Å². The number of nitrogens with zero attached hydrogens (tertiary/aromatic N) is 2. The van der Waals surface area contributed by atoms with Gasteiger partial charge in [-0.2, -0.15) is 13.2 Å². The van der Waals surface area contributed by atoms with E-state index in [-0.39, 0.29) is 18.1 Å². The van der Waals surface area contributed by atoms with Gasteiger partial charge in [-0.25, -0.2) is 18.7 Å². The van der Waals surface area contributed by atoms with Crippen LogP contribution in [0.2, 0.25) is 5.02 Å². The minimum atomic E-state index is -4.94. The Morgan fingerprint density at radius 1 is 1.07 bits per heavy atom. The first-order valence-corrected chi connectivity index (χ1v) is 8.70. The molecule has 0 bridgehead atoms. The first-order chi connectivity index (χ1) is 14.1. The van der Waals surface area contributed by atoms with E-state index in [9.17, 15) is 26.7 Å². The Morgan fingerprint density at radius 3 is 2.50 bits per heavy atom. The van der Waals surface area contributed by atoms with Crippen molar-refractivity contribution in [3.63, 3.8) is 0 Å². The molecule has 0 aliphatic rings. The Morgan fingerprint density at radius 2 is 1.83 bits per heavy atom. The van der Waals surface area contributed by atoms with Crippen molar-refractivity contribution in [3.8, 4) is 0 Å². The SMILES string of the molecule is O=C(NCc1ccc(F)c(F)c1)c1cnc(Nc2cccc(Cl)c2)nc1C(F)(F)F. The van der Waals surface area contributed by atoms with Crippen LogP contribution in [0.15, 0.2) is 48.7 Å². The summed E-state index contributed by atoms with van der Waals surface area (Å²) in [6.07, 6.45) is -4.22. The second kappa shape index (κ2) is 8.62. The van der Waals surface area contributed by atoms with E-state index < -0.39 is 35.0 Å². The van der Waals surface area contributed by atoms with Crippen molar-refractivity contribution in [1.29, 1.82) is 0 Å². The van der Waals surface area contributed by atoms with Gasteiger partial charge in [0.15, 0.2) is 17.3 Å². The number of alkyl halides is 3. The van der Waals surface area contributed by atoms with Crippen LogP contribution >= 0.6 is 11.6 Å². The van der Waals surface area contributed by atoms with Crippen molar-refractivity contribution in [2.24, 2.45) is 0 Å². The van der Waals surface area contributed by atoms with Crippen molar-refractivity contribution in [2.45, 2.75) is 12.7 Å². The normalized spacial score (nSPS) is 11.3. The highest BCUT2D eigenvalue weighted by Gasteiger charge is 2.38. The molecule has 1 amide bonds. The number of carbonyl (C=O) groups is 1. The van der Waals surface area contributed by atoms with E-state index in [4.69, 9.17) is 11.6 Å². The number of carbonyl (C=O) groups excluding carboxylic acids is 1. The predicted octanol–water partition coefficient (Wildman–Crippen LogP) is 5.10. The summed E-state index contributed by atoms with van der Waals surface area (Å²) in [5, 5.41) is 5.13. The zero-order valence-electron chi connectivity index (χ0n) is 14.9. The molecular formula is C19H12ClF5N4O. The maximum atomic E-state index is 13.4. The van der Waals surface area contributed by atoms with E-state index in [0.717, 1.165) is 18.3 Å². The number of hydrogen-bond acceptors (Lipinski definition) is 4. The van der Waals surface area contributed by atoms with Gasteiger partial charge in [-0.05, 0) is 35.9 Å². The number of anilines is 2. The first kappa shape index (κ1) is 21.4. The van der Waals surface area contributed by atoms with Gasteiger partial charge in [-0.15, -0.1) is 0 Å². The minimum Gasteiger partial charge on any atom is -0.348 e. The zero-order chi connectivity index (χ0) is 21.9. The molecule has 0 atom stereocenters. The summed E-state index contributed by atoms with van der Waals surface area (Å²) in [7, 11) is 0. The van der Waals surface area contributed by atoms with Gasteiger partial charge in [0.1, 0.15) is 0 Å². The third-order valence-electron chi connectivity index (χ3n) is 3.82. The molecule has 2 aromatic carbocycles. The van der Waals surface area contributed by atoms with Crippen molar-refractivity contribution >= 4 is 29.1 Å². The average molecular weight is 443 g/mol. The van der Waals surface area contributed by atoms with E-state index >= 15 is 0 Å². The molecule has 0 saturated carbocycles. The molecule has 0 unspecified atom stereocenters. The first-order valence-electron chi connectivity index (χ1n) is 8.32. The Hall–Kier alpha value is -3.27. The molecule has 2 N–H and O–H groups in total. The average Bonchev–Trinajstić information content (AvgIpc) is 2.68. The molecule has 156 valence electrons. The highest BCUT2D eigenvalue weighted by molar-refractivity contribution is 6.30. The Labute approximate surface area is 171 Å². The lowest BCUT2D eigenvalue weighted by Crippen LogP contribution is -2.27. The highest BCUT2D eigenvalue weighted by Crippen LogP contribution is 2.31. The summed E-state index contributed by atoms with van der Waals surface area (Å²) in [6.45, 7) is -0.324. The molecular weight excluding hydrogens is 431 g/mol. The molecule has 1 heterocycles. The van der Waals surface area contributed by atoms with E-state index in [0.29, 0.717) is 10.7 Å². The van der Waals surface area contributed by atoms with Crippen LogP contribution in [0.5, 0.6) is 0 Å². The second-order valence-corrected chi connectivity index (χ2v) is 6.46. The Kier molecular flexibility index (Phi) is 6.16. The lowest BCUT2D eigenvalue weighted by atomic mass is 10.2. The van der Waals surface area contributed by atoms with Crippen LogP contribution in [0.1, 0.15) is 21.6 Å². The van der Waals surface area contributed by atoms with E-state index in [1.54, 1.807) is 18.2 Å². The summed E-state index contributed by atoms with van der Waals surface area (Å²) in [5.41, 5.74) is -1.76. The Balaban J connectivity index is 1.82. The fourth-order valence-corrected chi connectivity index (χ4v) is 2.64. The summed E-state index contributed by atoms with van der Waals surface area (Å²) in [6, 6.07) is 9.03. The van der Waals surface area contributed by atoms with Crippen LogP contribution in [-0.4, -0.2) is 15.9 Å². The van der Waals surface area contributed by atoms with Gasteiger partial charge in [0.2, 0.25) is 5.95 Å². The third kappa shape index (κ3) is 5.20. The molecule has 0 spiro atoms. The summed E-state index contributed by atoms with van der Waals surface area (Å²) >= 11 is 5.83. The second-order valence-electron chi connectivity index (χ2n) is 6.02. The Bertz CT molecular complexity index is 1090. The fourth-order valence-electron chi connectivity index (χ4n) is 2.45. The third-order valence-corrected chi connectivity index (χ3v) is 4.05. The van der Waals surface area contributed by atoms with Crippen molar-refractivity contribution in [3.05, 3.63) is 82.1 Å². The quantitative estimate of drug-likeness (QED) is 0.539. The smallest absolute Gasteiger partial charge is 0.348 e. The molecule has 3 aromatic rings. The van der Waals surface area contributed by atoms with Crippen molar-refractivity contribution in [2.75, 3.05) is 5.32 Å². The number of hydrogen-bond donors (Lipinski definition) is 2. The lowest BCUT2D eigenvalue weighted by Gasteiger charge is -2.14. The van der Waals surface area contributed by atoms with E-state index in [1.807, 2.05) is 0 Å². The number of aromatic nitrogens is 2.